The Morgan fingerprint density at radius 3 is 2.81 bits per heavy atom. The van der Waals surface area contributed by atoms with E-state index in [1.807, 2.05) is 25.1 Å². The van der Waals surface area contributed by atoms with E-state index in [1.165, 1.54) is 0 Å². The van der Waals surface area contributed by atoms with E-state index in [2.05, 4.69) is 20.9 Å². The van der Waals surface area contributed by atoms with Gasteiger partial charge in [0, 0.05) is 31.6 Å². The van der Waals surface area contributed by atoms with Crippen LogP contribution < -0.4 is 25.4 Å². The second-order valence-electron chi connectivity index (χ2n) is 7.48. The van der Waals surface area contributed by atoms with Gasteiger partial charge in [0.15, 0.2) is 11.5 Å². The quantitative estimate of drug-likeness (QED) is 0.703. The average Bonchev–Trinajstić information content (AvgIpc) is 3.09. The largest absolute Gasteiger partial charge is 0.454 e. The molecule has 8 nitrogen and oxygen atoms in total. The van der Waals surface area contributed by atoms with Crippen molar-refractivity contribution >= 4 is 11.8 Å². The maximum atomic E-state index is 12.4. The van der Waals surface area contributed by atoms with Gasteiger partial charge < -0.3 is 20.1 Å². The first-order valence-electron chi connectivity index (χ1n) is 9.54. The fourth-order valence-electron chi connectivity index (χ4n) is 3.87. The first-order valence-corrected chi connectivity index (χ1v) is 9.54. The molecule has 0 radical (unpaired) electrons. The standard InChI is InChI=1S/C19H26N4O4/c1-12-8-17(24)22-19(20-12)23-6-4-14(5-7-23)21-18(25)10-13-2-3-15-16(9-13)27-11-26-15/h2-3,9,12,14,19-20H,4-8,10-11H2,1H3,(H,21,25)(H,22,24). The number of piperidine rings is 1. The van der Waals surface area contributed by atoms with E-state index in [4.69, 9.17) is 9.47 Å². The molecule has 4 rings (SSSR count). The summed E-state index contributed by atoms with van der Waals surface area (Å²) >= 11 is 0. The van der Waals surface area contributed by atoms with E-state index < -0.39 is 0 Å². The SMILES string of the molecule is CC1CC(=O)NC(N2CCC(NC(=O)Cc3ccc4c(c3)OCO4)CC2)N1. The number of ether oxygens (including phenoxy) is 2. The van der Waals surface area contributed by atoms with Crippen molar-refractivity contribution in [1.82, 2.24) is 20.9 Å². The molecular weight excluding hydrogens is 348 g/mol. The summed E-state index contributed by atoms with van der Waals surface area (Å²) in [5.41, 5.74) is 0.914. The summed E-state index contributed by atoms with van der Waals surface area (Å²) in [5, 5.41) is 9.53. The zero-order valence-corrected chi connectivity index (χ0v) is 15.5. The molecule has 1 aromatic rings. The Balaban J connectivity index is 1.24. The molecule has 3 aliphatic rings. The number of benzene rings is 1. The van der Waals surface area contributed by atoms with Crippen LogP contribution in [0.15, 0.2) is 18.2 Å². The molecule has 2 fully saturated rings. The van der Waals surface area contributed by atoms with Crippen LogP contribution in [0.4, 0.5) is 0 Å². The van der Waals surface area contributed by atoms with Crippen molar-refractivity contribution in [3.8, 4) is 11.5 Å². The van der Waals surface area contributed by atoms with E-state index in [-0.39, 0.29) is 37.0 Å². The second-order valence-corrected chi connectivity index (χ2v) is 7.48. The highest BCUT2D eigenvalue weighted by Crippen LogP contribution is 2.32. The molecule has 146 valence electrons. The third-order valence-electron chi connectivity index (χ3n) is 5.29. The molecule has 2 saturated heterocycles. The summed E-state index contributed by atoms with van der Waals surface area (Å²) in [7, 11) is 0. The molecule has 0 saturated carbocycles. The highest BCUT2D eigenvalue weighted by Gasteiger charge is 2.30. The lowest BCUT2D eigenvalue weighted by Crippen LogP contribution is -2.65. The third-order valence-corrected chi connectivity index (χ3v) is 5.29. The monoisotopic (exact) mass is 374 g/mol. The Bertz CT molecular complexity index is 718. The third kappa shape index (κ3) is 4.33. The molecule has 2 atom stereocenters. The number of hydrogen-bond donors (Lipinski definition) is 3. The number of hydrogen-bond acceptors (Lipinski definition) is 6. The summed E-state index contributed by atoms with van der Waals surface area (Å²) in [4.78, 5) is 26.3. The molecular formula is C19H26N4O4. The lowest BCUT2D eigenvalue weighted by atomic mass is 10.0. The van der Waals surface area contributed by atoms with Gasteiger partial charge >= 0.3 is 0 Å². The van der Waals surface area contributed by atoms with E-state index >= 15 is 0 Å². The van der Waals surface area contributed by atoms with Crippen molar-refractivity contribution in [3.63, 3.8) is 0 Å². The Morgan fingerprint density at radius 1 is 1.26 bits per heavy atom. The van der Waals surface area contributed by atoms with Gasteiger partial charge in [0.1, 0.15) is 6.29 Å². The molecule has 0 bridgehead atoms. The van der Waals surface area contributed by atoms with Crippen LogP contribution in [0.5, 0.6) is 11.5 Å². The van der Waals surface area contributed by atoms with Crippen LogP contribution in [0.25, 0.3) is 0 Å². The van der Waals surface area contributed by atoms with Crippen LogP contribution in [-0.4, -0.2) is 55.0 Å². The van der Waals surface area contributed by atoms with Crippen LogP contribution in [0.2, 0.25) is 0 Å². The van der Waals surface area contributed by atoms with Crippen molar-refractivity contribution in [2.45, 2.75) is 51.0 Å². The summed E-state index contributed by atoms with van der Waals surface area (Å²) in [6.45, 7) is 3.92. The van der Waals surface area contributed by atoms with Crippen molar-refractivity contribution in [2.75, 3.05) is 19.9 Å². The maximum absolute atomic E-state index is 12.4. The summed E-state index contributed by atoms with van der Waals surface area (Å²) in [6.07, 6.45) is 2.48. The first kappa shape index (κ1) is 18.1. The zero-order chi connectivity index (χ0) is 18.8. The van der Waals surface area contributed by atoms with Gasteiger partial charge in [-0.05, 0) is 37.5 Å². The molecule has 2 amide bonds. The molecule has 8 heteroatoms. The minimum Gasteiger partial charge on any atom is -0.454 e. The molecule has 3 N–H and O–H groups in total. The minimum absolute atomic E-state index is 0.0185. The number of amides is 2. The summed E-state index contributed by atoms with van der Waals surface area (Å²) < 4.78 is 10.7. The number of rotatable bonds is 4. The molecule has 27 heavy (non-hydrogen) atoms. The lowest BCUT2D eigenvalue weighted by molar-refractivity contribution is -0.127. The van der Waals surface area contributed by atoms with Crippen LogP contribution in [0, 0.1) is 0 Å². The van der Waals surface area contributed by atoms with Crippen molar-refractivity contribution in [1.29, 1.82) is 0 Å². The molecule has 2 unspecified atom stereocenters. The number of carbonyl (C=O) groups excluding carboxylic acids is 2. The molecule has 0 aromatic heterocycles. The summed E-state index contributed by atoms with van der Waals surface area (Å²) in [5.74, 6) is 1.53. The van der Waals surface area contributed by atoms with E-state index in [9.17, 15) is 9.59 Å². The lowest BCUT2D eigenvalue weighted by Gasteiger charge is -2.41. The average molecular weight is 374 g/mol. The van der Waals surface area contributed by atoms with Crippen molar-refractivity contribution < 1.29 is 19.1 Å². The molecule has 1 aromatic carbocycles. The number of nitrogens with zero attached hydrogens (tertiary/aromatic N) is 1. The predicted molar refractivity (Wildman–Crippen MR) is 98.2 cm³/mol. The van der Waals surface area contributed by atoms with Crippen LogP contribution >= 0.6 is 0 Å². The number of fused-ring (bicyclic) bond motifs is 1. The molecule has 3 heterocycles. The Kier molecular flexibility index (Phi) is 5.18. The molecule has 0 spiro atoms. The molecule has 3 aliphatic heterocycles. The van der Waals surface area contributed by atoms with Gasteiger partial charge in [0.05, 0.1) is 6.42 Å². The number of likely N-dealkylation sites (tertiary alicyclic amines) is 1. The van der Waals surface area contributed by atoms with Crippen molar-refractivity contribution in [3.05, 3.63) is 23.8 Å². The second kappa shape index (κ2) is 7.74. The van der Waals surface area contributed by atoms with Gasteiger partial charge in [-0.1, -0.05) is 6.07 Å². The Hall–Kier alpha value is -2.32. The fourth-order valence-corrected chi connectivity index (χ4v) is 3.87. The van der Waals surface area contributed by atoms with Crippen LogP contribution in [-0.2, 0) is 16.0 Å². The Morgan fingerprint density at radius 2 is 2.04 bits per heavy atom. The maximum Gasteiger partial charge on any atom is 0.231 e. The normalized spacial score (nSPS) is 25.9. The van der Waals surface area contributed by atoms with Gasteiger partial charge in [-0.2, -0.15) is 0 Å². The smallest absolute Gasteiger partial charge is 0.231 e. The minimum atomic E-state index is -0.105. The zero-order valence-electron chi connectivity index (χ0n) is 15.5. The van der Waals surface area contributed by atoms with Gasteiger partial charge in [0.25, 0.3) is 0 Å². The Labute approximate surface area is 158 Å². The highest BCUT2D eigenvalue weighted by atomic mass is 16.7. The summed E-state index contributed by atoms with van der Waals surface area (Å²) in [6, 6.07) is 5.95. The van der Waals surface area contributed by atoms with Gasteiger partial charge in [-0.25, -0.2) is 0 Å². The number of nitrogens with one attached hydrogen (secondary N) is 3. The topological polar surface area (TPSA) is 91.9 Å². The van der Waals surface area contributed by atoms with Gasteiger partial charge in [-0.3, -0.25) is 19.8 Å². The van der Waals surface area contributed by atoms with Gasteiger partial charge in [-0.15, -0.1) is 0 Å². The predicted octanol–water partition coefficient (Wildman–Crippen LogP) is 0.320. The van der Waals surface area contributed by atoms with E-state index in [0.717, 1.165) is 37.2 Å². The van der Waals surface area contributed by atoms with Crippen LogP contribution in [0.3, 0.4) is 0 Å². The number of carbonyl (C=O) groups is 2. The fraction of sp³-hybridized carbons (Fsp3) is 0.579. The van der Waals surface area contributed by atoms with Crippen molar-refractivity contribution in [2.24, 2.45) is 0 Å². The molecule has 0 aliphatic carbocycles. The first-order chi connectivity index (χ1) is 13.1. The van der Waals surface area contributed by atoms with E-state index in [1.54, 1.807) is 0 Å². The van der Waals surface area contributed by atoms with Gasteiger partial charge in [0.2, 0.25) is 18.6 Å². The van der Waals surface area contributed by atoms with Crippen LogP contribution in [0.1, 0.15) is 31.7 Å². The highest BCUT2D eigenvalue weighted by molar-refractivity contribution is 5.79. The van der Waals surface area contributed by atoms with E-state index in [0.29, 0.717) is 18.6 Å².